The van der Waals surface area contributed by atoms with Crippen LogP contribution in [-0.2, 0) is 0 Å². The van der Waals surface area contributed by atoms with Crippen LogP contribution in [0.25, 0.3) is 0 Å². The monoisotopic (exact) mass is 268 g/mol. The molecular formula is C16H32N2O. The minimum Gasteiger partial charge on any atom is -0.395 e. The average Bonchev–Trinajstić information content (AvgIpc) is 2.93. The van der Waals surface area contributed by atoms with E-state index in [-0.39, 0.29) is 0 Å². The molecule has 2 rings (SSSR count). The lowest BCUT2D eigenvalue weighted by molar-refractivity contribution is 0.0635. The smallest absolute Gasteiger partial charge is 0.0558 e. The Morgan fingerprint density at radius 2 is 1.79 bits per heavy atom. The van der Waals surface area contributed by atoms with Crippen molar-refractivity contribution >= 4 is 0 Å². The Balaban J connectivity index is 1.98. The Labute approximate surface area is 118 Å². The summed E-state index contributed by atoms with van der Waals surface area (Å²) in [6.07, 6.45) is 12.4. The summed E-state index contributed by atoms with van der Waals surface area (Å²) in [5, 5.41) is 12.8. The molecule has 0 aromatic heterocycles. The van der Waals surface area contributed by atoms with Gasteiger partial charge in [0.25, 0.3) is 0 Å². The molecule has 2 N–H and O–H groups in total. The molecule has 19 heavy (non-hydrogen) atoms. The van der Waals surface area contributed by atoms with Crippen LogP contribution in [-0.4, -0.2) is 49.3 Å². The molecule has 0 aromatic carbocycles. The molecule has 2 fully saturated rings. The van der Waals surface area contributed by atoms with Crippen molar-refractivity contribution in [3.8, 4) is 0 Å². The van der Waals surface area contributed by atoms with Crippen LogP contribution in [0.3, 0.4) is 0 Å². The second-order valence-electron chi connectivity index (χ2n) is 6.72. The summed E-state index contributed by atoms with van der Waals surface area (Å²) < 4.78 is 0. The maximum absolute atomic E-state index is 9.38. The first-order valence-corrected chi connectivity index (χ1v) is 8.29. The van der Waals surface area contributed by atoms with Crippen LogP contribution in [0.2, 0.25) is 0 Å². The number of aliphatic hydroxyl groups is 1. The molecule has 0 aromatic rings. The molecule has 2 aliphatic carbocycles. The Morgan fingerprint density at radius 1 is 1.11 bits per heavy atom. The zero-order chi connectivity index (χ0) is 13.6. The van der Waals surface area contributed by atoms with Gasteiger partial charge in [-0.25, -0.2) is 0 Å². The minimum absolute atomic E-state index is 0.312. The molecule has 0 amide bonds. The highest BCUT2D eigenvalue weighted by atomic mass is 16.3. The van der Waals surface area contributed by atoms with E-state index in [1.807, 2.05) is 0 Å². The van der Waals surface area contributed by atoms with Crippen molar-refractivity contribution in [3.63, 3.8) is 0 Å². The highest BCUT2D eigenvalue weighted by molar-refractivity contribution is 4.90. The molecule has 0 unspecified atom stereocenters. The fourth-order valence-electron chi connectivity index (χ4n) is 4.29. The van der Waals surface area contributed by atoms with E-state index in [9.17, 15) is 5.11 Å². The van der Waals surface area contributed by atoms with Gasteiger partial charge in [0.1, 0.15) is 0 Å². The molecule has 2 saturated carbocycles. The van der Waals surface area contributed by atoms with Crippen LogP contribution < -0.4 is 5.32 Å². The molecule has 0 aliphatic heterocycles. The summed E-state index contributed by atoms with van der Waals surface area (Å²) in [5.74, 6) is 0. The maximum Gasteiger partial charge on any atom is 0.0558 e. The largest absolute Gasteiger partial charge is 0.395 e. The van der Waals surface area contributed by atoms with Gasteiger partial charge in [0.2, 0.25) is 0 Å². The first-order chi connectivity index (χ1) is 9.29. The van der Waals surface area contributed by atoms with Gasteiger partial charge in [-0.15, -0.1) is 0 Å². The van der Waals surface area contributed by atoms with E-state index in [1.165, 1.54) is 64.3 Å². The van der Waals surface area contributed by atoms with E-state index in [0.29, 0.717) is 12.0 Å². The maximum atomic E-state index is 9.38. The third-order valence-electron chi connectivity index (χ3n) is 5.23. The lowest BCUT2D eigenvalue weighted by atomic mass is 9.73. The Hall–Kier alpha value is -0.120. The predicted molar refractivity (Wildman–Crippen MR) is 80.4 cm³/mol. The van der Waals surface area contributed by atoms with Crippen molar-refractivity contribution < 1.29 is 5.11 Å². The van der Waals surface area contributed by atoms with E-state index in [2.05, 4.69) is 17.3 Å². The average molecular weight is 268 g/mol. The molecule has 3 heteroatoms. The summed E-state index contributed by atoms with van der Waals surface area (Å²) >= 11 is 0. The fourth-order valence-corrected chi connectivity index (χ4v) is 4.29. The van der Waals surface area contributed by atoms with E-state index >= 15 is 0 Å². The van der Waals surface area contributed by atoms with Crippen LogP contribution in [0, 0.1) is 5.41 Å². The zero-order valence-corrected chi connectivity index (χ0v) is 12.7. The predicted octanol–water partition coefficient (Wildman–Crippen LogP) is 2.39. The quantitative estimate of drug-likeness (QED) is 0.744. The summed E-state index contributed by atoms with van der Waals surface area (Å²) in [5.41, 5.74) is 0.463. The first kappa shape index (κ1) is 15.3. The van der Waals surface area contributed by atoms with Crippen molar-refractivity contribution in [1.29, 1.82) is 0 Å². The molecule has 2 aliphatic rings. The van der Waals surface area contributed by atoms with Crippen LogP contribution in [0.4, 0.5) is 0 Å². The summed E-state index contributed by atoms with van der Waals surface area (Å²) in [4.78, 5) is 2.61. The number of aliphatic hydroxyl groups excluding tert-OH is 1. The Bertz CT molecular complexity index is 240. The lowest BCUT2D eigenvalue weighted by Gasteiger charge is -2.43. The summed E-state index contributed by atoms with van der Waals surface area (Å²) in [7, 11) is 2.09. The number of nitrogens with zero attached hydrogens (tertiary/aromatic N) is 1. The second kappa shape index (κ2) is 7.61. The van der Waals surface area contributed by atoms with Gasteiger partial charge < -0.3 is 10.4 Å². The molecule has 0 saturated heterocycles. The van der Waals surface area contributed by atoms with Crippen LogP contribution in [0.1, 0.15) is 57.8 Å². The van der Waals surface area contributed by atoms with Gasteiger partial charge in [0.05, 0.1) is 6.61 Å². The van der Waals surface area contributed by atoms with Crippen LogP contribution in [0.15, 0.2) is 0 Å². The fraction of sp³-hybridized carbons (Fsp3) is 1.00. The highest BCUT2D eigenvalue weighted by Gasteiger charge is 2.35. The molecule has 112 valence electrons. The van der Waals surface area contributed by atoms with Gasteiger partial charge in [-0.05, 0) is 38.1 Å². The van der Waals surface area contributed by atoms with Crippen LogP contribution in [0.5, 0.6) is 0 Å². The van der Waals surface area contributed by atoms with Crippen molar-refractivity contribution in [3.05, 3.63) is 0 Å². The van der Waals surface area contributed by atoms with Crippen molar-refractivity contribution in [1.82, 2.24) is 10.2 Å². The Morgan fingerprint density at radius 3 is 2.37 bits per heavy atom. The number of hydrogen-bond acceptors (Lipinski definition) is 3. The zero-order valence-electron chi connectivity index (χ0n) is 12.7. The lowest BCUT2D eigenvalue weighted by Crippen LogP contribution is -2.48. The third kappa shape index (κ3) is 4.17. The van der Waals surface area contributed by atoms with Gasteiger partial charge in [-0.1, -0.05) is 32.1 Å². The number of hydrogen-bond donors (Lipinski definition) is 2. The second-order valence-corrected chi connectivity index (χ2v) is 6.72. The van der Waals surface area contributed by atoms with Gasteiger partial charge in [0, 0.05) is 25.7 Å². The van der Waals surface area contributed by atoms with Gasteiger partial charge >= 0.3 is 0 Å². The third-order valence-corrected chi connectivity index (χ3v) is 5.23. The van der Waals surface area contributed by atoms with Crippen LogP contribution >= 0.6 is 0 Å². The van der Waals surface area contributed by atoms with E-state index in [4.69, 9.17) is 0 Å². The summed E-state index contributed by atoms with van der Waals surface area (Å²) in [6, 6.07) is 0.739. The number of rotatable bonds is 7. The van der Waals surface area contributed by atoms with Crippen molar-refractivity contribution in [2.75, 3.05) is 33.3 Å². The van der Waals surface area contributed by atoms with E-state index in [0.717, 1.165) is 19.1 Å². The normalized spacial score (nSPS) is 24.2. The molecule has 0 atom stereocenters. The van der Waals surface area contributed by atoms with E-state index in [1.54, 1.807) is 0 Å². The SMILES string of the molecule is CNCC1(CN(CCO)C2CCCC2)CCCCC1. The number of nitrogens with one attached hydrogen (secondary N) is 1. The van der Waals surface area contributed by atoms with Gasteiger partial charge in [-0.2, -0.15) is 0 Å². The molecule has 0 bridgehead atoms. The Kier molecular flexibility index (Phi) is 6.11. The molecule has 0 spiro atoms. The van der Waals surface area contributed by atoms with Gasteiger partial charge in [0.15, 0.2) is 0 Å². The first-order valence-electron chi connectivity index (χ1n) is 8.29. The molecule has 0 heterocycles. The van der Waals surface area contributed by atoms with Crippen molar-refractivity contribution in [2.45, 2.75) is 63.8 Å². The molecule has 3 nitrogen and oxygen atoms in total. The van der Waals surface area contributed by atoms with Gasteiger partial charge in [-0.3, -0.25) is 4.90 Å². The minimum atomic E-state index is 0.312. The van der Waals surface area contributed by atoms with Crippen molar-refractivity contribution in [2.24, 2.45) is 5.41 Å². The van der Waals surface area contributed by atoms with E-state index < -0.39 is 0 Å². The standard InChI is InChI=1S/C16H32N2O/c1-17-13-16(9-5-2-6-10-16)14-18(11-12-19)15-7-3-4-8-15/h15,17,19H,2-14H2,1H3. The topological polar surface area (TPSA) is 35.5 Å². The molecular weight excluding hydrogens is 236 g/mol. The summed E-state index contributed by atoms with van der Waals surface area (Å²) in [6.45, 7) is 3.52. The molecule has 0 radical (unpaired) electrons. The highest BCUT2D eigenvalue weighted by Crippen LogP contribution is 2.38.